The van der Waals surface area contributed by atoms with E-state index >= 15 is 0 Å². The van der Waals surface area contributed by atoms with Crippen molar-refractivity contribution in [2.24, 2.45) is 11.8 Å². The number of halogens is 2. The van der Waals surface area contributed by atoms with Crippen LogP contribution in [0.1, 0.15) is 43.0 Å². The summed E-state index contributed by atoms with van der Waals surface area (Å²) in [4.78, 5) is 12.0. The van der Waals surface area contributed by atoms with Gasteiger partial charge in [0.05, 0.1) is 6.61 Å². The zero-order valence-corrected chi connectivity index (χ0v) is 20.6. The van der Waals surface area contributed by atoms with Crippen LogP contribution in [0.15, 0.2) is 36.4 Å². The summed E-state index contributed by atoms with van der Waals surface area (Å²) < 4.78 is 38.9. The number of carbonyl (C=O) groups is 1. The van der Waals surface area contributed by atoms with Crippen LogP contribution < -0.4 is 67.7 Å². The molecule has 2 aromatic rings. The fourth-order valence-electron chi connectivity index (χ4n) is 3.09. The van der Waals surface area contributed by atoms with Gasteiger partial charge in [-0.2, -0.15) is 39.1 Å². The fraction of sp³-hybridized carbons (Fsp3) is 0.381. The van der Waals surface area contributed by atoms with E-state index in [1.54, 1.807) is 0 Å². The Morgan fingerprint density at radius 3 is 2.30 bits per heavy atom. The Bertz CT molecular complexity index is 760. The van der Waals surface area contributed by atoms with Gasteiger partial charge in [-0.25, -0.2) is 4.79 Å². The Labute approximate surface area is 207 Å². The summed E-state index contributed by atoms with van der Waals surface area (Å²) in [6.07, 6.45) is 4.35. The molecule has 0 amide bonds. The summed E-state index contributed by atoms with van der Waals surface area (Å²) >= 11 is 0. The van der Waals surface area contributed by atoms with E-state index in [-0.39, 0.29) is 69.5 Å². The molecule has 0 bridgehead atoms. The minimum atomic E-state index is -1.23. The predicted molar refractivity (Wildman–Crippen MR) is 93.2 cm³/mol. The van der Waals surface area contributed by atoms with Crippen LogP contribution >= 0.6 is 0 Å². The summed E-state index contributed by atoms with van der Waals surface area (Å²) in [6.45, 7) is 2.59. The maximum Gasteiger partial charge on any atom is 1.00 e. The van der Waals surface area contributed by atoms with E-state index in [2.05, 4.69) is 13.0 Å². The van der Waals surface area contributed by atoms with Crippen LogP contribution in [0.3, 0.4) is 0 Å². The van der Waals surface area contributed by atoms with Crippen molar-refractivity contribution >= 4 is 5.97 Å². The first-order valence-corrected chi connectivity index (χ1v) is 8.83. The van der Waals surface area contributed by atoms with Gasteiger partial charge >= 0.3 is 64.2 Å². The second-order valence-corrected chi connectivity index (χ2v) is 6.80. The molecule has 0 unspecified atom stereocenters. The van der Waals surface area contributed by atoms with Gasteiger partial charge in [-0.15, -0.1) is 0 Å². The van der Waals surface area contributed by atoms with Gasteiger partial charge in [-0.1, -0.05) is 19.8 Å². The average molecular weight is 445 g/mol. The molecule has 0 N–H and O–H groups in total. The molecule has 3 nitrogen and oxygen atoms in total. The van der Waals surface area contributed by atoms with E-state index in [9.17, 15) is 13.6 Å². The van der Waals surface area contributed by atoms with E-state index in [0.717, 1.165) is 31.6 Å². The Morgan fingerprint density at radius 1 is 1.04 bits per heavy atom. The monoisotopic (exact) mass is 444 g/mol. The molecule has 1 aliphatic rings. The van der Waals surface area contributed by atoms with Gasteiger partial charge in [0.15, 0.2) is 11.5 Å². The van der Waals surface area contributed by atoms with Crippen LogP contribution in [-0.2, 0) is 0 Å². The minimum absolute atomic E-state index is 0. The van der Waals surface area contributed by atoms with Crippen LogP contribution in [0.25, 0.3) is 0 Å². The van der Waals surface area contributed by atoms with Crippen LogP contribution in [0.2, 0.25) is 0 Å². The van der Waals surface area contributed by atoms with Gasteiger partial charge in [0.2, 0.25) is 11.6 Å². The molecule has 0 saturated heterocycles. The number of benzene rings is 2. The van der Waals surface area contributed by atoms with E-state index in [1.807, 2.05) is 0 Å². The molecule has 1 fully saturated rings. The van der Waals surface area contributed by atoms with Crippen LogP contribution in [0.4, 0.5) is 8.78 Å². The third-order valence-corrected chi connectivity index (χ3v) is 4.78. The molecular weight excluding hydrogens is 424 g/mol. The molecule has 0 aliphatic heterocycles. The molecule has 0 heterocycles. The average Bonchev–Trinajstić information content (AvgIpc) is 2.67. The molecule has 0 radical (unpaired) electrons. The summed E-state index contributed by atoms with van der Waals surface area (Å²) in [5.74, 6) is -2.66. The van der Waals surface area contributed by atoms with Crippen molar-refractivity contribution in [2.45, 2.75) is 32.6 Å². The van der Waals surface area contributed by atoms with E-state index in [0.29, 0.717) is 12.5 Å². The summed E-state index contributed by atoms with van der Waals surface area (Å²) in [7, 11) is 0. The first-order chi connectivity index (χ1) is 12.5. The Kier molecular flexibility index (Phi) is 9.06. The summed E-state index contributed by atoms with van der Waals surface area (Å²) in [5, 5.41) is 0. The second kappa shape index (κ2) is 10.8. The van der Waals surface area contributed by atoms with Crippen molar-refractivity contribution in [1.82, 2.24) is 0 Å². The fourth-order valence-corrected chi connectivity index (χ4v) is 3.09. The Balaban J connectivity index is 0.00000261. The molecule has 138 valence electrons. The van der Waals surface area contributed by atoms with Crippen molar-refractivity contribution in [2.75, 3.05) is 6.61 Å². The SMILES string of the molecule is CC1CCC(COc2ccc(OC(=O)c3cc[c-]cc3)c(F)c2F)CC1.[Rb+]. The summed E-state index contributed by atoms with van der Waals surface area (Å²) in [6, 6.07) is 11.3. The third-order valence-electron chi connectivity index (χ3n) is 4.78. The van der Waals surface area contributed by atoms with Crippen LogP contribution in [0, 0.1) is 29.5 Å². The Hall–Kier alpha value is -0.625. The first-order valence-electron chi connectivity index (χ1n) is 8.83. The standard InChI is InChI=1S/C21H21F2O3.Rb/c1-14-7-9-15(10-8-14)13-25-17-11-12-18(20(23)19(17)22)26-21(24)16-5-3-2-4-6-16;/h3-6,11-12,14-15H,7-10,13H2,1H3;/q-1;+1. The Morgan fingerprint density at radius 2 is 1.63 bits per heavy atom. The maximum atomic E-state index is 14.2. The molecule has 0 aromatic heterocycles. The number of carbonyl (C=O) groups excluding carboxylic acids is 1. The molecule has 1 saturated carbocycles. The largest absolute Gasteiger partial charge is 1.00 e. The molecular formula is C21H21F2O3Rb. The number of hydrogen-bond donors (Lipinski definition) is 0. The molecule has 6 heteroatoms. The molecule has 1 aliphatic carbocycles. The minimum Gasteiger partial charge on any atom is -0.490 e. The molecule has 0 spiro atoms. The van der Waals surface area contributed by atoms with Crippen LogP contribution in [0.5, 0.6) is 11.5 Å². The van der Waals surface area contributed by atoms with Gasteiger partial charge < -0.3 is 9.47 Å². The van der Waals surface area contributed by atoms with E-state index in [4.69, 9.17) is 9.47 Å². The number of ether oxygens (including phenoxy) is 2. The topological polar surface area (TPSA) is 35.5 Å². The van der Waals surface area contributed by atoms with Crippen molar-refractivity contribution < 1.29 is 81.2 Å². The van der Waals surface area contributed by atoms with Gasteiger partial charge in [0.25, 0.3) is 0 Å². The molecule has 27 heavy (non-hydrogen) atoms. The summed E-state index contributed by atoms with van der Waals surface area (Å²) in [5.41, 5.74) is 0.232. The second-order valence-electron chi connectivity index (χ2n) is 6.80. The maximum absolute atomic E-state index is 14.2. The first kappa shape index (κ1) is 22.7. The normalized spacial score (nSPS) is 19.1. The predicted octanol–water partition coefficient (Wildman–Crippen LogP) is 2.19. The van der Waals surface area contributed by atoms with Gasteiger partial charge in [-0.3, -0.25) is 0 Å². The number of hydrogen-bond acceptors (Lipinski definition) is 3. The van der Waals surface area contributed by atoms with Crippen molar-refractivity contribution in [3.05, 3.63) is 59.7 Å². The van der Waals surface area contributed by atoms with E-state index < -0.39 is 23.4 Å². The zero-order chi connectivity index (χ0) is 18.5. The van der Waals surface area contributed by atoms with Gasteiger partial charge in [-0.05, 0) is 42.4 Å². The smallest absolute Gasteiger partial charge is 0.490 e. The molecule has 0 atom stereocenters. The van der Waals surface area contributed by atoms with Crippen molar-refractivity contribution in [1.29, 1.82) is 0 Å². The third kappa shape index (κ3) is 6.18. The van der Waals surface area contributed by atoms with Gasteiger partial charge in [0, 0.05) is 0 Å². The number of esters is 1. The molecule has 3 rings (SSSR count). The quantitative estimate of drug-likeness (QED) is 0.403. The zero-order valence-electron chi connectivity index (χ0n) is 15.6. The number of rotatable bonds is 5. The van der Waals surface area contributed by atoms with Gasteiger partial charge in [0.1, 0.15) is 0 Å². The van der Waals surface area contributed by atoms with E-state index in [1.165, 1.54) is 36.4 Å². The van der Waals surface area contributed by atoms with Crippen molar-refractivity contribution in [3.63, 3.8) is 0 Å². The molecule has 2 aromatic carbocycles. The van der Waals surface area contributed by atoms with Crippen LogP contribution in [-0.4, -0.2) is 12.6 Å². The van der Waals surface area contributed by atoms with Crippen molar-refractivity contribution in [3.8, 4) is 11.5 Å².